The molecule has 0 unspecified atom stereocenters. The summed E-state index contributed by atoms with van der Waals surface area (Å²) in [5.41, 5.74) is 0. The smallest absolute Gasteiger partial charge is 0.222 e. The Morgan fingerprint density at radius 2 is 1.85 bits per heavy atom. The second kappa shape index (κ2) is 5.21. The highest BCUT2D eigenvalue weighted by Crippen LogP contribution is 2.24. The van der Waals surface area contributed by atoms with Crippen LogP contribution in [0.15, 0.2) is 0 Å². The fraction of sp³-hybridized carbons (Fsp3) is 0.875. The summed E-state index contributed by atoms with van der Waals surface area (Å²) in [7, 11) is 0. The molecule has 0 aromatic carbocycles. The maximum atomic E-state index is 10.8. The van der Waals surface area contributed by atoms with Crippen molar-refractivity contribution in [2.24, 2.45) is 5.92 Å². The fourth-order valence-electron chi connectivity index (χ4n) is 1.10. The van der Waals surface area contributed by atoms with Gasteiger partial charge in [0, 0.05) is 18.8 Å². The van der Waals surface area contributed by atoms with E-state index >= 15 is 0 Å². The van der Waals surface area contributed by atoms with E-state index in [1.54, 1.807) is 6.92 Å². The molecule has 76 valence electrons. The van der Waals surface area contributed by atoms with Gasteiger partial charge in [0.05, 0.1) is 5.25 Å². The molecule has 0 heterocycles. The number of nitro groups is 1. The summed E-state index contributed by atoms with van der Waals surface area (Å²) in [5.74, 6) is 0.134. The lowest BCUT2D eigenvalue weighted by atomic mass is 10.1. The van der Waals surface area contributed by atoms with Crippen LogP contribution in [0, 0.1) is 16.0 Å². The minimum Gasteiger partial charge on any atom is -0.288 e. The Morgan fingerprint density at radius 1 is 1.38 bits per heavy atom. The van der Waals surface area contributed by atoms with Crippen LogP contribution in [0.4, 0.5) is 0 Å². The molecule has 2 atom stereocenters. The topological polar surface area (TPSA) is 60.2 Å². The van der Waals surface area contributed by atoms with Crippen LogP contribution in [0.2, 0.25) is 0 Å². The monoisotopic (exact) mass is 205 g/mol. The SMILES string of the molecule is CC(=O)S[C@@H](C(C)C)[C@@H](C)[N+](=O)[O-]. The Hall–Kier alpha value is -0.580. The number of hydrogen-bond donors (Lipinski definition) is 0. The van der Waals surface area contributed by atoms with Crippen molar-refractivity contribution in [2.45, 2.75) is 39.0 Å². The van der Waals surface area contributed by atoms with Gasteiger partial charge in [-0.15, -0.1) is 0 Å². The largest absolute Gasteiger partial charge is 0.288 e. The first-order valence-corrected chi connectivity index (χ1v) is 5.05. The van der Waals surface area contributed by atoms with E-state index in [2.05, 4.69) is 0 Å². The van der Waals surface area contributed by atoms with Crippen molar-refractivity contribution in [3.05, 3.63) is 10.1 Å². The van der Waals surface area contributed by atoms with Crippen molar-refractivity contribution in [3.63, 3.8) is 0 Å². The second-order valence-corrected chi connectivity index (χ2v) is 4.70. The maximum Gasteiger partial charge on any atom is 0.222 e. The summed E-state index contributed by atoms with van der Waals surface area (Å²) in [6.07, 6.45) is 0. The van der Waals surface area contributed by atoms with Crippen molar-refractivity contribution in [3.8, 4) is 0 Å². The number of carbonyl (C=O) groups excluding carboxylic acids is 1. The molecular weight excluding hydrogens is 190 g/mol. The third-order valence-corrected chi connectivity index (χ3v) is 3.31. The van der Waals surface area contributed by atoms with E-state index in [-0.39, 0.29) is 21.2 Å². The van der Waals surface area contributed by atoms with E-state index in [1.807, 2.05) is 13.8 Å². The molecule has 0 N–H and O–H groups in total. The second-order valence-electron chi connectivity index (χ2n) is 3.34. The van der Waals surface area contributed by atoms with Gasteiger partial charge in [0.1, 0.15) is 0 Å². The molecule has 0 aromatic heterocycles. The van der Waals surface area contributed by atoms with Gasteiger partial charge in [-0.1, -0.05) is 25.6 Å². The molecule has 0 spiro atoms. The Bertz CT molecular complexity index is 206. The normalized spacial score (nSPS) is 15.5. The Morgan fingerprint density at radius 3 is 2.08 bits per heavy atom. The fourth-order valence-corrected chi connectivity index (χ4v) is 2.05. The summed E-state index contributed by atoms with van der Waals surface area (Å²) >= 11 is 1.06. The van der Waals surface area contributed by atoms with E-state index in [0.717, 1.165) is 11.8 Å². The van der Waals surface area contributed by atoms with Gasteiger partial charge in [0.2, 0.25) is 6.04 Å². The Kier molecular flexibility index (Phi) is 4.98. The quantitative estimate of drug-likeness (QED) is 0.520. The number of rotatable bonds is 4. The summed E-state index contributed by atoms with van der Waals surface area (Å²) in [6.45, 7) is 6.76. The van der Waals surface area contributed by atoms with Gasteiger partial charge in [0.15, 0.2) is 5.12 Å². The number of carbonyl (C=O) groups is 1. The summed E-state index contributed by atoms with van der Waals surface area (Å²) in [5, 5.41) is 10.2. The first-order chi connectivity index (χ1) is 5.86. The van der Waals surface area contributed by atoms with Gasteiger partial charge in [-0.2, -0.15) is 0 Å². The zero-order valence-corrected chi connectivity index (χ0v) is 9.13. The lowest BCUT2D eigenvalue weighted by molar-refractivity contribution is -0.518. The van der Waals surface area contributed by atoms with Gasteiger partial charge < -0.3 is 0 Å². The first-order valence-electron chi connectivity index (χ1n) is 4.17. The summed E-state index contributed by atoms with van der Waals surface area (Å²) in [6, 6.07) is -0.672. The van der Waals surface area contributed by atoms with Crippen molar-refractivity contribution in [1.29, 1.82) is 0 Å². The van der Waals surface area contributed by atoms with Crippen LogP contribution >= 0.6 is 11.8 Å². The molecule has 0 saturated carbocycles. The molecule has 0 aromatic rings. The van der Waals surface area contributed by atoms with Crippen molar-refractivity contribution in [2.75, 3.05) is 0 Å². The van der Waals surface area contributed by atoms with Crippen LogP contribution in [-0.4, -0.2) is 21.3 Å². The van der Waals surface area contributed by atoms with Crippen LogP contribution in [-0.2, 0) is 4.79 Å². The van der Waals surface area contributed by atoms with Crippen LogP contribution in [0.5, 0.6) is 0 Å². The highest BCUT2D eigenvalue weighted by molar-refractivity contribution is 8.14. The van der Waals surface area contributed by atoms with Gasteiger partial charge >= 0.3 is 0 Å². The van der Waals surface area contributed by atoms with Crippen molar-refractivity contribution >= 4 is 16.9 Å². The van der Waals surface area contributed by atoms with Gasteiger partial charge in [-0.3, -0.25) is 14.9 Å². The molecular formula is C8H15NO3S. The molecule has 13 heavy (non-hydrogen) atoms. The standard InChI is InChI=1S/C8H15NO3S/c1-5(2)8(13-7(4)10)6(3)9(11)12/h5-6,8H,1-4H3/t6-,8+/m1/s1. The van der Waals surface area contributed by atoms with E-state index in [1.165, 1.54) is 6.92 Å². The first kappa shape index (κ1) is 12.4. The Labute approximate surface area is 82.2 Å². The molecule has 0 aliphatic rings. The van der Waals surface area contributed by atoms with Crippen LogP contribution in [0.25, 0.3) is 0 Å². The molecule has 4 nitrogen and oxygen atoms in total. The minimum atomic E-state index is -0.672. The van der Waals surface area contributed by atoms with E-state index in [9.17, 15) is 14.9 Å². The number of hydrogen-bond acceptors (Lipinski definition) is 4. The molecule has 0 amide bonds. The molecule has 0 fully saturated rings. The molecule has 0 saturated heterocycles. The third-order valence-electron chi connectivity index (χ3n) is 1.77. The summed E-state index contributed by atoms with van der Waals surface area (Å²) in [4.78, 5) is 21.0. The predicted octanol–water partition coefficient (Wildman–Crippen LogP) is 1.96. The predicted molar refractivity (Wildman–Crippen MR) is 53.4 cm³/mol. The molecule has 0 rings (SSSR count). The van der Waals surface area contributed by atoms with Crippen molar-refractivity contribution < 1.29 is 9.72 Å². The highest BCUT2D eigenvalue weighted by atomic mass is 32.2. The lowest BCUT2D eigenvalue weighted by Gasteiger charge is -2.19. The van der Waals surface area contributed by atoms with Gasteiger partial charge in [-0.25, -0.2) is 0 Å². The molecule has 5 heteroatoms. The van der Waals surface area contributed by atoms with Crippen LogP contribution in [0.1, 0.15) is 27.7 Å². The zero-order chi connectivity index (χ0) is 10.6. The van der Waals surface area contributed by atoms with E-state index in [4.69, 9.17) is 0 Å². The van der Waals surface area contributed by atoms with Gasteiger partial charge in [0.25, 0.3) is 0 Å². The van der Waals surface area contributed by atoms with Crippen LogP contribution in [0.3, 0.4) is 0 Å². The molecule has 0 bridgehead atoms. The van der Waals surface area contributed by atoms with Crippen LogP contribution < -0.4 is 0 Å². The molecule has 0 aliphatic carbocycles. The highest BCUT2D eigenvalue weighted by Gasteiger charge is 2.30. The third kappa shape index (κ3) is 4.26. The molecule has 0 radical (unpaired) electrons. The van der Waals surface area contributed by atoms with E-state index < -0.39 is 6.04 Å². The number of thioether (sulfide) groups is 1. The van der Waals surface area contributed by atoms with Crippen molar-refractivity contribution in [1.82, 2.24) is 0 Å². The van der Waals surface area contributed by atoms with E-state index in [0.29, 0.717) is 0 Å². The Balaban J connectivity index is 4.41. The molecule has 0 aliphatic heterocycles. The zero-order valence-electron chi connectivity index (χ0n) is 8.31. The average Bonchev–Trinajstić information content (AvgIpc) is 1.97. The summed E-state index contributed by atoms with van der Waals surface area (Å²) < 4.78 is 0. The average molecular weight is 205 g/mol. The lowest BCUT2D eigenvalue weighted by Crippen LogP contribution is -2.33. The van der Waals surface area contributed by atoms with Gasteiger partial charge in [-0.05, 0) is 5.92 Å². The minimum absolute atomic E-state index is 0.0626. The maximum absolute atomic E-state index is 10.8. The number of nitrogens with zero attached hydrogens (tertiary/aromatic N) is 1.